The Hall–Kier alpha value is -2.11. The average Bonchev–Trinajstić information content (AvgIpc) is 2.88. The third-order valence-electron chi connectivity index (χ3n) is 3.30. The Kier molecular flexibility index (Phi) is 5.35. The van der Waals surface area contributed by atoms with Crippen molar-refractivity contribution < 1.29 is 9.90 Å². The summed E-state index contributed by atoms with van der Waals surface area (Å²) in [7, 11) is 0. The summed E-state index contributed by atoms with van der Waals surface area (Å²) in [5, 5.41) is 14.0. The van der Waals surface area contributed by atoms with Gasteiger partial charge in [0.1, 0.15) is 0 Å². The summed E-state index contributed by atoms with van der Waals surface area (Å²) in [6.07, 6.45) is 3.16. The summed E-state index contributed by atoms with van der Waals surface area (Å²) in [5.41, 5.74) is 2.01. The molecule has 6 heteroatoms. The normalized spacial score (nSPS) is 10.5. The first-order chi connectivity index (χ1) is 10.6. The summed E-state index contributed by atoms with van der Waals surface area (Å²) in [6.45, 7) is 5.99. The summed E-state index contributed by atoms with van der Waals surface area (Å²) in [5.74, 6) is -0.181. The summed E-state index contributed by atoms with van der Waals surface area (Å²) >= 11 is 5.99. The van der Waals surface area contributed by atoms with Gasteiger partial charge < -0.3 is 10.0 Å². The minimum absolute atomic E-state index is 0.0962. The van der Waals surface area contributed by atoms with Crippen molar-refractivity contribution in [3.63, 3.8) is 0 Å². The van der Waals surface area contributed by atoms with Gasteiger partial charge in [-0.2, -0.15) is 5.10 Å². The number of carbonyl (C=O) groups excluding carboxylic acids is 1. The zero-order valence-electron chi connectivity index (χ0n) is 12.4. The molecule has 116 valence electrons. The minimum atomic E-state index is -0.181. The number of carbonyl (C=O) groups is 1. The molecule has 1 heterocycles. The van der Waals surface area contributed by atoms with Crippen molar-refractivity contribution in [3.05, 3.63) is 59.4 Å². The van der Waals surface area contributed by atoms with Crippen LogP contribution in [0.2, 0.25) is 5.02 Å². The number of hydrogen-bond acceptors (Lipinski definition) is 3. The first-order valence-electron chi connectivity index (χ1n) is 6.90. The number of halogens is 1. The molecule has 5 nitrogen and oxygen atoms in total. The van der Waals surface area contributed by atoms with Crippen LogP contribution in [0.4, 0.5) is 0 Å². The molecule has 1 amide bonds. The van der Waals surface area contributed by atoms with E-state index >= 15 is 0 Å². The lowest BCUT2D eigenvalue weighted by Gasteiger charge is -2.19. The molecule has 0 saturated heterocycles. The molecule has 0 atom stereocenters. The van der Waals surface area contributed by atoms with Crippen LogP contribution in [0.1, 0.15) is 16.1 Å². The molecule has 0 unspecified atom stereocenters. The number of benzene rings is 1. The topological polar surface area (TPSA) is 58.4 Å². The summed E-state index contributed by atoms with van der Waals surface area (Å²) in [6, 6.07) is 7.26. The number of aliphatic hydroxyl groups excluding tert-OH is 1. The molecule has 1 aromatic carbocycles. The Morgan fingerprint density at radius 2 is 2.32 bits per heavy atom. The van der Waals surface area contributed by atoms with Crippen LogP contribution in [0.25, 0.3) is 5.69 Å². The maximum atomic E-state index is 12.5. The number of rotatable bonds is 6. The van der Waals surface area contributed by atoms with Gasteiger partial charge in [-0.05, 0) is 25.1 Å². The van der Waals surface area contributed by atoms with Crippen molar-refractivity contribution in [2.75, 3.05) is 19.7 Å². The van der Waals surface area contributed by atoms with E-state index in [1.54, 1.807) is 22.9 Å². The van der Waals surface area contributed by atoms with E-state index in [1.165, 1.54) is 11.1 Å². The second kappa shape index (κ2) is 7.24. The van der Waals surface area contributed by atoms with Crippen molar-refractivity contribution in [1.29, 1.82) is 0 Å². The molecule has 1 N–H and O–H groups in total. The molecule has 0 spiro atoms. The van der Waals surface area contributed by atoms with Gasteiger partial charge in [-0.3, -0.25) is 4.79 Å². The largest absolute Gasteiger partial charge is 0.395 e. The SMILES string of the molecule is C=CCN(CCO)C(=O)c1cnn(-c2cccc(Cl)c2)c1C. The Morgan fingerprint density at radius 1 is 1.55 bits per heavy atom. The predicted molar refractivity (Wildman–Crippen MR) is 86.5 cm³/mol. The highest BCUT2D eigenvalue weighted by Gasteiger charge is 2.20. The molecule has 1 aromatic heterocycles. The number of aliphatic hydroxyl groups is 1. The van der Waals surface area contributed by atoms with Gasteiger partial charge in [0.25, 0.3) is 5.91 Å². The monoisotopic (exact) mass is 319 g/mol. The van der Waals surface area contributed by atoms with Gasteiger partial charge in [-0.1, -0.05) is 23.7 Å². The number of aromatic nitrogens is 2. The fourth-order valence-electron chi connectivity index (χ4n) is 2.21. The highest BCUT2D eigenvalue weighted by atomic mass is 35.5. The van der Waals surface area contributed by atoms with E-state index in [0.717, 1.165) is 11.4 Å². The van der Waals surface area contributed by atoms with Crippen LogP contribution in [0.5, 0.6) is 0 Å². The third kappa shape index (κ3) is 3.37. The quantitative estimate of drug-likeness (QED) is 0.832. The van der Waals surface area contributed by atoms with Crippen LogP contribution in [-0.4, -0.2) is 45.4 Å². The van der Waals surface area contributed by atoms with Crippen LogP contribution >= 0.6 is 11.6 Å². The first-order valence-corrected chi connectivity index (χ1v) is 7.28. The average molecular weight is 320 g/mol. The number of amides is 1. The maximum absolute atomic E-state index is 12.5. The van der Waals surface area contributed by atoms with E-state index in [2.05, 4.69) is 11.7 Å². The van der Waals surface area contributed by atoms with Gasteiger partial charge in [0, 0.05) is 18.1 Å². The molecule has 0 aliphatic rings. The Morgan fingerprint density at radius 3 is 2.95 bits per heavy atom. The van der Waals surface area contributed by atoms with Crippen LogP contribution in [0.15, 0.2) is 43.1 Å². The summed E-state index contributed by atoms with van der Waals surface area (Å²) in [4.78, 5) is 14.1. The summed E-state index contributed by atoms with van der Waals surface area (Å²) < 4.78 is 1.67. The second-order valence-corrected chi connectivity index (χ2v) is 5.24. The lowest BCUT2D eigenvalue weighted by molar-refractivity contribution is 0.0742. The van der Waals surface area contributed by atoms with E-state index in [4.69, 9.17) is 16.7 Å². The van der Waals surface area contributed by atoms with Gasteiger partial charge in [-0.15, -0.1) is 6.58 Å². The van der Waals surface area contributed by atoms with Crippen LogP contribution in [0.3, 0.4) is 0 Å². The zero-order chi connectivity index (χ0) is 16.1. The molecule has 0 fully saturated rings. The smallest absolute Gasteiger partial charge is 0.257 e. The second-order valence-electron chi connectivity index (χ2n) is 4.80. The van der Waals surface area contributed by atoms with Gasteiger partial charge in [-0.25, -0.2) is 4.68 Å². The fraction of sp³-hybridized carbons (Fsp3) is 0.250. The Bertz CT molecular complexity index is 682. The van der Waals surface area contributed by atoms with Gasteiger partial charge in [0.2, 0.25) is 0 Å². The number of nitrogens with zero attached hydrogens (tertiary/aromatic N) is 3. The van der Waals surface area contributed by atoms with Crippen molar-refractivity contribution in [3.8, 4) is 5.69 Å². The van der Waals surface area contributed by atoms with Crippen LogP contribution in [0, 0.1) is 6.92 Å². The van der Waals surface area contributed by atoms with E-state index in [1.807, 2.05) is 19.1 Å². The molecule has 2 aromatic rings. The lowest BCUT2D eigenvalue weighted by atomic mass is 10.2. The van der Waals surface area contributed by atoms with Crippen LogP contribution in [-0.2, 0) is 0 Å². The fourth-order valence-corrected chi connectivity index (χ4v) is 2.39. The van der Waals surface area contributed by atoms with Crippen molar-refractivity contribution in [1.82, 2.24) is 14.7 Å². The van der Waals surface area contributed by atoms with E-state index < -0.39 is 0 Å². The molecule has 22 heavy (non-hydrogen) atoms. The zero-order valence-corrected chi connectivity index (χ0v) is 13.1. The van der Waals surface area contributed by atoms with Crippen LogP contribution < -0.4 is 0 Å². The molecule has 0 radical (unpaired) electrons. The Balaban J connectivity index is 2.34. The molecule has 2 rings (SSSR count). The lowest BCUT2D eigenvalue weighted by Crippen LogP contribution is -2.34. The Labute approximate surface area is 134 Å². The van der Waals surface area contributed by atoms with E-state index in [0.29, 0.717) is 17.1 Å². The minimum Gasteiger partial charge on any atom is -0.395 e. The first kappa shape index (κ1) is 16.3. The predicted octanol–water partition coefficient (Wildman–Crippen LogP) is 2.45. The van der Waals surface area contributed by atoms with Gasteiger partial charge in [0.15, 0.2) is 0 Å². The van der Waals surface area contributed by atoms with Crippen molar-refractivity contribution in [2.24, 2.45) is 0 Å². The van der Waals surface area contributed by atoms with Crippen molar-refractivity contribution in [2.45, 2.75) is 6.92 Å². The van der Waals surface area contributed by atoms with E-state index in [-0.39, 0.29) is 19.1 Å². The molecule has 0 aliphatic carbocycles. The van der Waals surface area contributed by atoms with Crippen molar-refractivity contribution >= 4 is 17.5 Å². The number of hydrogen-bond donors (Lipinski definition) is 1. The third-order valence-corrected chi connectivity index (χ3v) is 3.53. The highest BCUT2D eigenvalue weighted by Crippen LogP contribution is 2.19. The van der Waals surface area contributed by atoms with Gasteiger partial charge in [0.05, 0.1) is 29.7 Å². The highest BCUT2D eigenvalue weighted by molar-refractivity contribution is 6.30. The molecule has 0 aliphatic heterocycles. The standard InChI is InChI=1S/C16H18ClN3O2/c1-3-7-19(8-9-21)16(22)15-11-18-20(12(15)2)14-6-4-5-13(17)10-14/h3-6,10-11,21H,1,7-9H2,2H3. The van der Waals surface area contributed by atoms with Gasteiger partial charge >= 0.3 is 0 Å². The van der Waals surface area contributed by atoms with E-state index in [9.17, 15) is 4.79 Å². The molecule has 0 bridgehead atoms. The molecular formula is C16H18ClN3O2. The molecular weight excluding hydrogens is 302 g/mol. The molecule has 0 saturated carbocycles. The maximum Gasteiger partial charge on any atom is 0.257 e.